The number of carbonyl (C=O) groups is 3. The number of ketones is 1. The lowest BCUT2D eigenvalue weighted by molar-refractivity contribution is -0.123. The van der Waals surface area contributed by atoms with Gasteiger partial charge in [0, 0.05) is 47.8 Å². The highest BCUT2D eigenvalue weighted by molar-refractivity contribution is 6.13. The van der Waals surface area contributed by atoms with Crippen LogP contribution in [0.5, 0.6) is 0 Å². The molecule has 2 amide bonds. The summed E-state index contributed by atoms with van der Waals surface area (Å²) in [4.78, 5) is 40.0. The van der Waals surface area contributed by atoms with E-state index in [0.717, 1.165) is 6.07 Å². The van der Waals surface area contributed by atoms with Gasteiger partial charge in [0.1, 0.15) is 17.4 Å². The lowest BCUT2D eigenvalue weighted by Crippen LogP contribution is -2.40. The van der Waals surface area contributed by atoms with Gasteiger partial charge in [-0.1, -0.05) is 24.8 Å². The van der Waals surface area contributed by atoms with Crippen LogP contribution in [0, 0.1) is 41.8 Å². The second-order valence-corrected chi connectivity index (χ2v) is 9.66. The Kier molecular flexibility index (Phi) is 8.96. The number of hydrogen-bond donors (Lipinski definition) is 3. The maximum Gasteiger partial charge on any atom is 0.258 e. The summed E-state index contributed by atoms with van der Waals surface area (Å²) in [6.45, 7) is 2.91. The van der Waals surface area contributed by atoms with Crippen LogP contribution in [0.15, 0.2) is 60.7 Å². The molecule has 0 saturated carbocycles. The second kappa shape index (κ2) is 12.8. The van der Waals surface area contributed by atoms with Crippen LogP contribution in [0.25, 0.3) is 0 Å². The number of carbonyl (C=O) groups excluding carboxylic acids is 3. The molecule has 0 atom stereocenters. The van der Waals surface area contributed by atoms with Crippen molar-refractivity contribution < 1.29 is 18.8 Å². The monoisotopic (exact) mass is 548 g/mol. The molecule has 3 N–H and O–H groups in total. The first kappa shape index (κ1) is 28.8. The van der Waals surface area contributed by atoms with Crippen molar-refractivity contribution >= 4 is 34.8 Å². The predicted octanol–water partition coefficient (Wildman–Crippen LogP) is 5.31. The molecule has 3 aromatic carbocycles. The Balaban J connectivity index is 1.49. The van der Waals surface area contributed by atoms with Crippen molar-refractivity contribution in [3.05, 3.63) is 94.3 Å². The zero-order valence-electron chi connectivity index (χ0n) is 22.6. The molecular weight excluding hydrogens is 519 g/mol. The van der Waals surface area contributed by atoms with Crippen molar-refractivity contribution in [1.29, 1.82) is 5.41 Å². The quantitative estimate of drug-likeness (QED) is 0.212. The largest absolute Gasteiger partial charge is 0.357 e. The molecule has 1 saturated heterocycles. The molecule has 1 heterocycles. The first-order valence-corrected chi connectivity index (χ1v) is 13.2. The molecule has 0 unspecified atom stereocenters. The number of hydrogen-bond acceptors (Lipinski definition) is 4. The number of Topliss-reactive ketones (excluding diaryl/α,β-unsaturated/α-hetero) is 1. The highest BCUT2D eigenvalue weighted by atomic mass is 19.1. The topological polar surface area (TPSA) is 102 Å². The number of nitrogens with one attached hydrogen (secondary N) is 3. The van der Waals surface area contributed by atoms with Crippen LogP contribution in [-0.2, 0) is 4.79 Å². The van der Waals surface area contributed by atoms with Gasteiger partial charge in [0.25, 0.3) is 11.8 Å². The summed E-state index contributed by atoms with van der Waals surface area (Å²) in [5, 5.41) is 13.9. The van der Waals surface area contributed by atoms with Crippen LogP contribution < -0.4 is 10.6 Å². The van der Waals surface area contributed by atoms with Crippen molar-refractivity contribution in [2.45, 2.75) is 26.2 Å². The average Bonchev–Trinajstić information content (AvgIpc) is 3.00. The van der Waals surface area contributed by atoms with E-state index < -0.39 is 17.6 Å². The highest BCUT2D eigenvalue weighted by Gasteiger charge is 2.26. The lowest BCUT2D eigenvalue weighted by atomic mass is 9.91. The summed E-state index contributed by atoms with van der Waals surface area (Å²) in [5.74, 6) is 3.23. The number of amides is 2. The van der Waals surface area contributed by atoms with Gasteiger partial charge < -0.3 is 15.5 Å². The third kappa shape index (κ3) is 6.69. The summed E-state index contributed by atoms with van der Waals surface area (Å²) >= 11 is 0. The first-order valence-electron chi connectivity index (χ1n) is 13.2. The summed E-state index contributed by atoms with van der Waals surface area (Å²) < 4.78 is 15.1. The zero-order valence-corrected chi connectivity index (χ0v) is 22.6. The van der Waals surface area contributed by atoms with E-state index in [1.165, 1.54) is 24.3 Å². The molecule has 0 aliphatic carbocycles. The van der Waals surface area contributed by atoms with E-state index in [0.29, 0.717) is 54.7 Å². The molecule has 1 aliphatic heterocycles. The number of piperidine rings is 1. The predicted molar refractivity (Wildman–Crippen MR) is 157 cm³/mol. The first-order chi connectivity index (χ1) is 19.7. The van der Waals surface area contributed by atoms with E-state index in [9.17, 15) is 14.4 Å². The van der Waals surface area contributed by atoms with Crippen LogP contribution in [0.3, 0.4) is 0 Å². The molecule has 0 radical (unpaired) electrons. The number of halogens is 1. The fourth-order valence-electron chi connectivity index (χ4n) is 4.71. The molecule has 1 aliphatic rings. The van der Waals surface area contributed by atoms with Gasteiger partial charge in [-0.25, -0.2) is 4.39 Å². The number of likely N-dealkylation sites (tertiary alicyclic amines) is 1. The Morgan fingerprint density at radius 3 is 2.15 bits per heavy atom. The van der Waals surface area contributed by atoms with Gasteiger partial charge in [-0.2, -0.15) is 0 Å². The molecule has 206 valence electrons. The minimum atomic E-state index is -0.805. The normalized spacial score (nSPS) is 13.0. The molecule has 0 aromatic heterocycles. The second-order valence-electron chi connectivity index (χ2n) is 9.66. The molecule has 8 heteroatoms. The van der Waals surface area contributed by atoms with E-state index in [4.69, 9.17) is 18.3 Å². The van der Waals surface area contributed by atoms with Gasteiger partial charge >= 0.3 is 0 Å². The Hall–Kier alpha value is -5.21. The lowest BCUT2D eigenvalue weighted by Gasteiger charge is -2.33. The van der Waals surface area contributed by atoms with Crippen molar-refractivity contribution in [1.82, 2.24) is 4.90 Å². The number of rotatable bonds is 7. The van der Waals surface area contributed by atoms with E-state index in [-0.39, 0.29) is 34.4 Å². The summed E-state index contributed by atoms with van der Waals surface area (Å²) in [6.07, 6.45) is 12.7. The van der Waals surface area contributed by atoms with Crippen molar-refractivity contribution in [2.75, 3.05) is 23.7 Å². The standard InChI is InChI=1S/C33H29FN4O3/c1-4-21-7-11-25(12-8-21)36-33(41)27-19-22(5-2)9-14-29(27)37-32(40)26-13-10-24(20-28(26)34)31(35)38-17-15-23(16-18-38)30(39)6-3/h1-2,7-14,19-20,23,35H,6,15-18H2,3H3,(H,36,41)(H,37,40). The molecule has 4 rings (SSSR count). The Labute approximate surface area is 238 Å². The Morgan fingerprint density at radius 1 is 0.902 bits per heavy atom. The van der Waals surface area contributed by atoms with Crippen molar-refractivity contribution in [3.8, 4) is 24.7 Å². The maximum atomic E-state index is 15.1. The summed E-state index contributed by atoms with van der Waals surface area (Å²) in [5.41, 5.74) is 1.89. The number of amidine groups is 1. The van der Waals surface area contributed by atoms with E-state index in [1.54, 1.807) is 30.3 Å². The number of benzene rings is 3. The minimum Gasteiger partial charge on any atom is -0.357 e. The van der Waals surface area contributed by atoms with Crippen LogP contribution in [-0.4, -0.2) is 41.4 Å². The van der Waals surface area contributed by atoms with E-state index in [1.807, 2.05) is 11.8 Å². The number of nitrogens with zero attached hydrogens (tertiary/aromatic N) is 1. The summed E-state index contributed by atoms with van der Waals surface area (Å²) in [7, 11) is 0. The molecule has 0 spiro atoms. The van der Waals surface area contributed by atoms with Gasteiger partial charge in [-0.05, 0) is 67.4 Å². The Bertz CT molecular complexity index is 1590. The zero-order chi connectivity index (χ0) is 29.5. The van der Waals surface area contributed by atoms with Gasteiger partial charge in [0.15, 0.2) is 0 Å². The van der Waals surface area contributed by atoms with Crippen LogP contribution >= 0.6 is 0 Å². The van der Waals surface area contributed by atoms with Crippen LogP contribution in [0.4, 0.5) is 15.8 Å². The van der Waals surface area contributed by atoms with Crippen LogP contribution in [0.1, 0.15) is 63.6 Å². The van der Waals surface area contributed by atoms with Gasteiger partial charge in [-0.15, -0.1) is 12.8 Å². The van der Waals surface area contributed by atoms with Crippen molar-refractivity contribution in [2.24, 2.45) is 5.92 Å². The third-order valence-electron chi connectivity index (χ3n) is 7.09. The fourth-order valence-corrected chi connectivity index (χ4v) is 4.71. The van der Waals surface area contributed by atoms with Gasteiger partial charge in [0.05, 0.1) is 16.8 Å². The molecule has 41 heavy (non-hydrogen) atoms. The third-order valence-corrected chi connectivity index (χ3v) is 7.09. The van der Waals surface area contributed by atoms with E-state index >= 15 is 4.39 Å². The van der Waals surface area contributed by atoms with Gasteiger partial charge in [0.2, 0.25) is 0 Å². The SMILES string of the molecule is C#Cc1ccc(NC(=O)c2cc(C#C)ccc2NC(=O)c2ccc(C(=N)N3CCC(C(=O)CC)CC3)cc2F)cc1. The Morgan fingerprint density at radius 2 is 1.54 bits per heavy atom. The molecular formula is C33H29FN4O3. The van der Waals surface area contributed by atoms with Gasteiger partial charge in [-0.3, -0.25) is 19.8 Å². The van der Waals surface area contributed by atoms with Crippen LogP contribution in [0.2, 0.25) is 0 Å². The highest BCUT2D eigenvalue weighted by Crippen LogP contribution is 2.24. The average molecular weight is 549 g/mol. The molecule has 1 fully saturated rings. The minimum absolute atomic E-state index is 0.00235. The smallest absolute Gasteiger partial charge is 0.258 e. The van der Waals surface area contributed by atoms with E-state index in [2.05, 4.69) is 22.5 Å². The molecule has 0 bridgehead atoms. The fraction of sp³-hybridized carbons (Fsp3) is 0.212. The molecule has 7 nitrogen and oxygen atoms in total. The molecule has 3 aromatic rings. The summed E-state index contributed by atoms with van der Waals surface area (Å²) in [6, 6.07) is 15.1. The number of anilines is 2. The number of terminal acetylenes is 2. The van der Waals surface area contributed by atoms with Crippen molar-refractivity contribution in [3.63, 3.8) is 0 Å². The maximum absolute atomic E-state index is 15.1.